The van der Waals surface area contributed by atoms with Gasteiger partial charge in [0.05, 0.1) is 57.9 Å². The molecule has 0 fully saturated rings. The molecule has 0 bridgehead atoms. The molecular weight excluding hydrogens is 374 g/mol. The number of unbranched alkanes of at least 4 members (excludes halogenated alkanes) is 1. The van der Waals surface area contributed by atoms with Gasteiger partial charge in [-0.15, -0.1) is 0 Å². The van der Waals surface area contributed by atoms with Crippen LogP contribution in [0.5, 0.6) is 0 Å². The van der Waals surface area contributed by atoms with Gasteiger partial charge < -0.3 is 29.0 Å². The average molecular weight is 412 g/mol. The highest BCUT2D eigenvalue weighted by Gasteiger charge is 2.06. The first-order valence-corrected chi connectivity index (χ1v) is 10.5. The fraction of sp³-hybridized carbons (Fsp3) is 0.682. The van der Waals surface area contributed by atoms with Crippen LogP contribution in [0.1, 0.15) is 44.0 Å². The zero-order chi connectivity index (χ0) is 21.2. The number of hydrogen-bond donors (Lipinski definition) is 1. The fourth-order valence-corrected chi connectivity index (χ4v) is 2.29. The Kier molecular flexibility index (Phi) is 15.1. The minimum atomic E-state index is -0.344. The highest BCUT2D eigenvalue weighted by atomic mass is 16.6. The number of carbonyl (C=O) groups excluding carboxylic acids is 1. The zero-order valence-corrected chi connectivity index (χ0v) is 18.1. The summed E-state index contributed by atoms with van der Waals surface area (Å²) in [6.07, 6.45) is 2.50. The van der Waals surface area contributed by atoms with Crippen LogP contribution in [-0.4, -0.2) is 71.5 Å². The van der Waals surface area contributed by atoms with Crippen molar-refractivity contribution in [3.63, 3.8) is 0 Å². The smallest absolute Gasteiger partial charge is 0.338 e. The molecule has 29 heavy (non-hydrogen) atoms. The van der Waals surface area contributed by atoms with E-state index >= 15 is 0 Å². The van der Waals surface area contributed by atoms with Crippen LogP contribution in [-0.2, 0) is 23.7 Å². The molecule has 1 aromatic rings. The van der Waals surface area contributed by atoms with Gasteiger partial charge in [-0.1, -0.05) is 13.3 Å². The average Bonchev–Trinajstić information content (AvgIpc) is 2.71. The topological polar surface area (TPSA) is 75.3 Å². The molecule has 0 radical (unpaired) electrons. The second kappa shape index (κ2) is 17.2. The third-order valence-electron chi connectivity index (χ3n) is 3.86. The Bertz CT molecular complexity index is 521. The Hall–Kier alpha value is -1.67. The lowest BCUT2D eigenvalue weighted by Gasteiger charge is -2.09. The van der Waals surface area contributed by atoms with Crippen LogP contribution in [0.2, 0.25) is 0 Å². The van der Waals surface area contributed by atoms with Gasteiger partial charge in [0, 0.05) is 12.2 Å². The summed E-state index contributed by atoms with van der Waals surface area (Å²) in [7, 11) is 0. The molecule has 7 nitrogen and oxygen atoms in total. The summed E-state index contributed by atoms with van der Waals surface area (Å²) >= 11 is 0. The summed E-state index contributed by atoms with van der Waals surface area (Å²) in [6.45, 7) is 10.8. The van der Waals surface area contributed by atoms with Crippen LogP contribution in [0.25, 0.3) is 0 Å². The van der Waals surface area contributed by atoms with Gasteiger partial charge in [-0.05, 0) is 44.5 Å². The summed E-state index contributed by atoms with van der Waals surface area (Å²) < 4.78 is 26.7. The minimum absolute atomic E-state index is 0.217. The zero-order valence-electron chi connectivity index (χ0n) is 18.1. The number of hydrogen-bond acceptors (Lipinski definition) is 7. The first kappa shape index (κ1) is 25.4. The summed E-state index contributed by atoms with van der Waals surface area (Å²) in [5, 5.41) is 3.31. The third kappa shape index (κ3) is 14.0. The van der Waals surface area contributed by atoms with Crippen LogP contribution in [0.3, 0.4) is 0 Å². The fourth-order valence-electron chi connectivity index (χ4n) is 2.29. The first-order chi connectivity index (χ1) is 14.1. The van der Waals surface area contributed by atoms with Crippen molar-refractivity contribution < 1.29 is 28.5 Å². The number of ether oxygens (including phenoxy) is 5. The molecule has 0 aliphatic carbocycles. The van der Waals surface area contributed by atoms with Crippen molar-refractivity contribution in [2.45, 2.75) is 39.7 Å². The Labute approximate surface area is 175 Å². The van der Waals surface area contributed by atoms with E-state index in [-0.39, 0.29) is 18.7 Å². The molecule has 1 N–H and O–H groups in total. The standard InChI is InChI=1S/C22H37NO6/c1-4-5-10-23-21-8-6-20(7-9-21)22(24)29-18-16-27-14-12-25-11-13-26-15-17-28-19(2)3/h6-9,19,23H,4-5,10-18H2,1-3H3. The van der Waals surface area contributed by atoms with Gasteiger partial charge in [0.15, 0.2) is 0 Å². The lowest BCUT2D eigenvalue weighted by atomic mass is 10.2. The van der Waals surface area contributed by atoms with Crippen molar-refractivity contribution >= 4 is 11.7 Å². The van der Waals surface area contributed by atoms with Crippen molar-refractivity contribution in [3.8, 4) is 0 Å². The van der Waals surface area contributed by atoms with Crippen LogP contribution >= 0.6 is 0 Å². The molecule has 7 heteroatoms. The van der Waals surface area contributed by atoms with Crippen LogP contribution in [0, 0.1) is 0 Å². The minimum Gasteiger partial charge on any atom is -0.460 e. The normalized spacial score (nSPS) is 11.0. The Morgan fingerprint density at radius 1 is 0.862 bits per heavy atom. The van der Waals surface area contributed by atoms with Gasteiger partial charge in [0.25, 0.3) is 0 Å². The van der Waals surface area contributed by atoms with E-state index in [2.05, 4.69) is 12.2 Å². The van der Waals surface area contributed by atoms with Gasteiger partial charge in [0.2, 0.25) is 0 Å². The van der Waals surface area contributed by atoms with Crippen molar-refractivity contribution in [2.24, 2.45) is 0 Å². The van der Waals surface area contributed by atoms with E-state index in [0.717, 1.165) is 25.1 Å². The Morgan fingerprint density at radius 2 is 1.41 bits per heavy atom. The molecule has 0 heterocycles. The van der Waals surface area contributed by atoms with Gasteiger partial charge in [-0.3, -0.25) is 0 Å². The van der Waals surface area contributed by atoms with Crippen molar-refractivity contribution in [1.82, 2.24) is 0 Å². The second-order valence-corrected chi connectivity index (χ2v) is 6.75. The van der Waals surface area contributed by atoms with E-state index in [0.29, 0.717) is 51.8 Å². The largest absolute Gasteiger partial charge is 0.460 e. The van der Waals surface area contributed by atoms with Gasteiger partial charge >= 0.3 is 5.97 Å². The molecule has 0 atom stereocenters. The molecule has 0 amide bonds. The molecule has 0 aliphatic heterocycles. The lowest BCUT2D eigenvalue weighted by Crippen LogP contribution is -2.15. The molecule has 166 valence electrons. The summed E-state index contributed by atoms with van der Waals surface area (Å²) in [6, 6.07) is 7.31. The van der Waals surface area contributed by atoms with Gasteiger partial charge in [0.1, 0.15) is 6.61 Å². The van der Waals surface area contributed by atoms with Crippen LogP contribution < -0.4 is 5.32 Å². The predicted octanol–water partition coefficient (Wildman–Crippen LogP) is 3.53. The molecule has 0 spiro atoms. The van der Waals surface area contributed by atoms with E-state index in [1.807, 2.05) is 26.0 Å². The quantitative estimate of drug-likeness (QED) is 0.292. The highest BCUT2D eigenvalue weighted by Crippen LogP contribution is 2.10. The number of rotatable bonds is 18. The maximum atomic E-state index is 12.0. The summed E-state index contributed by atoms with van der Waals surface area (Å²) in [4.78, 5) is 12.0. The number of nitrogens with one attached hydrogen (secondary N) is 1. The van der Waals surface area contributed by atoms with Crippen molar-refractivity contribution in [2.75, 3.05) is 64.7 Å². The Morgan fingerprint density at radius 3 is 1.97 bits per heavy atom. The van der Waals surface area contributed by atoms with Crippen LogP contribution in [0.4, 0.5) is 5.69 Å². The SMILES string of the molecule is CCCCNc1ccc(C(=O)OCCOCCOCCOCCOC(C)C)cc1. The number of benzene rings is 1. The van der Waals surface area contributed by atoms with Crippen molar-refractivity contribution in [3.05, 3.63) is 29.8 Å². The molecular formula is C22H37NO6. The maximum Gasteiger partial charge on any atom is 0.338 e. The summed E-state index contributed by atoms with van der Waals surface area (Å²) in [5.74, 6) is -0.344. The lowest BCUT2D eigenvalue weighted by molar-refractivity contribution is -0.0159. The second-order valence-electron chi connectivity index (χ2n) is 6.75. The number of anilines is 1. The first-order valence-electron chi connectivity index (χ1n) is 10.5. The van der Waals surface area contributed by atoms with E-state index in [1.165, 1.54) is 0 Å². The molecule has 1 rings (SSSR count). The number of carbonyl (C=O) groups is 1. The predicted molar refractivity (Wildman–Crippen MR) is 114 cm³/mol. The van der Waals surface area contributed by atoms with E-state index in [9.17, 15) is 4.79 Å². The third-order valence-corrected chi connectivity index (χ3v) is 3.86. The molecule has 0 saturated heterocycles. The van der Waals surface area contributed by atoms with Gasteiger partial charge in [-0.25, -0.2) is 4.79 Å². The van der Waals surface area contributed by atoms with Gasteiger partial charge in [-0.2, -0.15) is 0 Å². The van der Waals surface area contributed by atoms with E-state index in [1.54, 1.807) is 12.1 Å². The van der Waals surface area contributed by atoms with Crippen molar-refractivity contribution in [1.29, 1.82) is 0 Å². The number of esters is 1. The highest BCUT2D eigenvalue weighted by molar-refractivity contribution is 5.89. The summed E-state index contributed by atoms with van der Waals surface area (Å²) in [5.41, 5.74) is 1.54. The molecule has 0 unspecified atom stereocenters. The van der Waals surface area contributed by atoms with E-state index in [4.69, 9.17) is 23.7 Å². The van der Waals surface area contributed by atoms with E-state index < -0.39 is 0 Å². The Balaban J connectivity index is 1.95. The molecule has 1 aromatic carbocycles. The maximum absolute atomic E-state index is 12.0. The molecule has 0 saturated carbocycles. The molecule has 0 aliphatic rings. The van der Waals surface area contributed by atoms with Crippen LogP contribution in [0.15, 0.2) is 24.3 Å². The monoisotopic (exact) mass is 411 g/mol. The molecule has 0 aromatic heterocycles.